The Labute approximate surface area is 184 Å². The van der Waals surface area contributed by atoms with Crippen molar-refractivity contribution in [3.8, 4) is 0 Å². The number of aryl methyl sites for hydroxylation is 1. The number of pyridine rings is 1. The lowest BCUT2D eigenvalue weighted by Crippen LogP contribution is -2.13. The van der Waals surface area contributed by atoms with Crippen molar-refractivity contribution in [3.05, 3.63) is 47.4 Å². The average Bonchev–Trinajstić information content (AvgIpc) is 3.09. The zero-order chi connectivity index (χ0) is 23.4. The molecule has 2 aromatic rings. The van der Waals surface area contributed by atoms with E-state index in [4.69, 9.17) is 15.9 Å². The average molecular weight is 451 g/mol. The number of methoxy groups -OCH3 is 1. The van der Waals surface area contributed by atoms with Gasteiger partial charge in [-0.2, -0.15) is 5.10 Å². The fraction of sp³-hybridized carbons (Fsp3) is 0.350. The number of rotatable bonds is 9. The second-order valence-corrected chi connectivity index (χ2v) is 6.96. The molecule has 2 heterocycles. The molecule has 0 spiro atoms. The van der Waals surface area contributed by atoms with Crippen molar-refractivity contribution in [3.63, 3.8) is 0 Å². The Kier molecular flexibility index (Phi) is 11.0. The van der Waals surface area contributed by atoms with Crippen molar-refractivity contribution in [2.75, 3.05) is 13.7 Å². The molecule has 0 amide bonds. The largest absolute Gasteiger partial charge is 0.478 e. The van der Waals surface area contributed by atoms with Crippen LogP contribution in [0.3, 0.4) is 0 Å². The summed E-state index contributed by atoms with van der Waals surface area (Å²) in [6.07, 6.45) is 4.39. The maximum atomic E-state index is 11.5. The Hall–Kier alpha value is -3.18. The maximum Gasteiger partial charge on any atom is 0.339 e. The van der Waals surface area contributed by atoms with Crippen LogP contribution in [0.5, 0.6) is 0 Å². The van der Waals surface area contributed by atoms with Gasteiger partial charge in [-0.25, -0.2) is 19.4 Å². The number of aromatic nitrogens is 3. The van der Waals surface area contributed by atoms with E-state index in [1.807, 2.05) is 10.7 Å². The van der Waals surface area contributed by atoms with Gasteiger partial charge in [0.2, 0.25) is 0 Å². The van der Waals surface area contributed by atoms with Crippen LogP contribution in [-0.4, -0.2) is 56.5 Å². The monoisotopic (exact) mass is 450 g/mol. The number of carbonyl (C=O) groups is 3. The van der Waals surface area contributed by atoms with Crippen LogP contribution in [0.25, 0.3) is 0 Å². The molecule has 0 atom stereocenters. The first-order valence-corrected chi connectivity index (χ1v) is 10.2. The van der Waals surface area contributed by atoms with Crippen LogP contribution < -0.4 is 5.73 Å². The molecule has 31 heavy (non-hydrogen) atoms. The van der Waals surface area contributed by atoms with Crippen molar-refractivity contribution in [2.24, 2.45) is 5.73 Å². The Bertz CT molecular complexity index is 908. The summed E-state index contributed by atoms with van der Waals surface area (Å²) >= 11 is 1.58. The van der Waals surface area contributed by atoms with E-state index in [0.717, 1.165) is 28.5 Å². The van der Waals surface area contributed by atoms with Gasteiger partial charge in [-0.15, -0.1) is 0 Å². The minimum Gasteiger partial charge on any atom is -0.478 e. The SMILES string of the molecule is CCc1nn(CCN)c(CC)c1Sc1ccc(C(=O)OC)cn1.O=C(O)/C=C\C(=O)O. The van der Waals surface area contributed by atoms with Gasteiger partial charge in [0.1, 0.15) is 5.03 Å². The molecule has 0 aliphatic rings. The number of carboxylic acids is 2. The summed E-state index contributed by atoms with van der Waals surface area (Å²) in [5.74, 6) is -2.90. The van der Waals surface area contributed by atoms with Crippen molar-refractivity contribution >= 4 is 29.7 Å². The van der Waals surface area contributed by atoms with Gasteiger partial charge in [0, 0.05) is 24.9 Å². The molecule has 0 aliphatic heterocycles. The lowest BCUT2D eigenvalue weighted by molar-refractivity contribution is -0.134. The quantitative estimate of drug-likeness (QED) is 0.381. The Morgan fingerprint density at radius 2 is 1.81 bits per heavy atom. The highest BCUT2D eigenvalue weighted by Crippen LogP contribution is 2.33. The highest BCUT2D eigenvalue weighted by molar-refractivity contribution is 7.99. The predicted octanol–water partition coefficient (Wildman–Crippen LogP) is 2.01. The van der Waals surface area contributed by atoms with Gasteiger partial charge >= 0.3 is 17.9 Å². The molecular formula is C20H26N4O6S. The molecule has 4 N–H and O–H groups in total. The molecule has 11 heteroatoms. The smallest absolute Gasteiger partial charge is 0.339 e. The summed E-state index contributed by atoms with van der Waals surface area (Å²) in [6, 6.07) is 3.55. The van der Waals surface area contributed by atoms with E-state index in [2.05, 4.69) is 28.7 Å². The molecule has 0 radical (unpaired) electrons. The third-order valence-corrected chi connectivity index (χ3v) is 4.95. The number of esters is 1. The zero-order valence-corrected chi connectivity index (χ0v) is 18.4. The Morgan fingerprint density at radius 3 is 2.23 bits per heavy atom. The third kappa shape index (κ3) is 8.22. The van der Waals surface area contributed by atoms with E-state index in [9.17, 15) is 14.4 Å². The molecule has 0 bridgehead atoms. The first kappa shape index (κ1) is 25.9. The van der Waals surface area contributed by atoms with Crippen molar-refractivity contribution in [1.29, 1.82) is 0 Å². The van der Waals surface area contributed by atoms with E-state index in [1.165, 1.54) is 19.0 Å². The first-order valence-electron chi connectivity index (χ1n) is 9.42. The molecule has 2 aromatic heterocycles. The van der Waals surface area contributed by atoms with Crippen LogP contribution in [0.4, 0.5) is 0 Å². The summed E-state index contributed by atoms with van der Waals surface area (Å²) in [5, 5.41) is 21.1. The molecule has 0 aromatic carbocycles. The minimum atomic E-state index is -1.26. The van der Waals surface area contributed by atoms with Gasteiger partial charge < -0.3 is 20.7 Å². The van der Waals surface area contributed by atoms with Gasteiger partial charge in [-0.1, -0.05) is 25.6 Å². The van der Waals surface area contributed by atoms with Crippen LogP contribution in [-0.2, 0) is 33.7 Å². The van der Waals surface area contributed by atoms with Crippen LogP contribution in [0.15, 0.2) is 40.4 Å². The van der Waals surface area contributed by atoms with E-state index in [-0.39, 0.29) is 5.97 Å². The van der Waals surface area contributed by atoms with Crippen molar-refractivity contribution < 1.29 is 29.3 Å². The van der Waals surface area contributed by atoms with Crippen LogP contribution in [0.2, 0.25) is 0 Å². The molecular weight excluding hydrogens is 424 g/mol. The number of hydrogen-bond acceptors (Lipinski definition) is 8. The normalized spacial score (nSPS) is 10.5. The van der Waals surface area contributed by atoms with E-state index in [1.54, 1.807) is 17.8 Å². The summed E-state index contributed by atoms with van der Waals surface area (Å²) < 4.78 is 6.68. The lowest BCUT2D eigenvalue weighted by Gasteiger charge is -2.07. The standard InChI is InChI=1S/C16H22N4O2S.C4H4O4/c1-4-12-15(13(5-2)20(19-12)9-8-17)23-14-7-6-11(10-18-14)16(21)22-3;5-3(6)1-2-4(7)8/h6-7,10H,4-5,8-9,17H2,1-3H3;1-2H,(H,5,6)(H,7,8)/b;2-1-. The van der Waals surface area contributed by atoms with Crippen LogP contribution >= 0.6 is 11.8 Å². The number of nitrogens with zero attached hydrogens (tertiary/aromatic N) is 3. The zero-order valence-electron chi connectivity index (χ0n) is 17.6. The molecule has 168 valence electrons. The van der Waals surface area contributed by atoms with E-state index in [0.29, 0.717) is 30.8 Å². The minimum absolute atomic E-state index is 0.381. The third-order valence-electron chi connectivity index (χ3n) is 3.82. The molecule has 0 aliphatic carbocycles. The Balaban J connectivity index is 0.000000512. The lowest BCUT2D eigenvalue weighted by atomic mass is 10.2. The Morgan fingerprint density at radius 1 is 1.16 bits per heavy atom. The second kappa shape index (κ2) is 13.2. The number of carbonyl (C=O) groups excluding carboxylic acids is 1. The molecule has 0 saturated carbocycles. The highest BCUT2D eigenvalue weighted by atomic mass is 32.2. The molecule has 0 unspecified atom stereocenters. The van der Waals surface area contributed by atoms with Crippen molar-refractivity contribution in [1.82, 2.24) is 14.8 Å². The highest BCUT2D eigenvalue weighted by Gasteiger charge is 2.17. The summed E-state index contributed by atoms with van der Waals surface area (Å²) in [6.45, 7) is 5.48. The maximum absolute atomic E-state index is 11.5. The molecule has 0 fully saturated rings. The first-order chi connectivity index (χ1) is 14.8. The topological polar surface area (TPSA) is 158 Å². The molecule has 2 rings (SSSR count). The van der Waals surface area contributed by atoms with Gasteiger partial charge in [-0.05, 0) is 25.0 Å². The summed E-state index contributed by atoms with van der Waals surface area (Å²) in [7, 11) is 1.36. The molecule has 0 saturated heterocycles. The van der Waals surface area contributed by atoms with Crippen LogP contribution in [0.1, 0.15) is 35.6 Å². The van der Waals surface area contributed by atoms with Gasteiger partial charge in [0.15, 0.2) is 0 Å². The number of carboxylic acid groups (broad SMARTS) is 2. The van der Waals surface area contributed by atoms with Crippen molar-refractivity contribution in [2.45, 2.75) is 43.2 Å². The second-order valence-electron chi connectivity index (χ2n) is 5.93. The van der Waals surface area contributed by atoms with Gasteiger partial charge in [0.25, 0.3) is 0 Å². The van der Waals surface area contributed by atoms with Gasteiger partial charge in [-0.3, -0.25) is 4.68 Å². The molecule has 10 nitrogen and oxygen atoms in total. The number of nitrogens with two attached hydrogens (primary N) is 1. The van der Waals surface area contributed by atoms with Gasteiger partial charge in [0.05, 0.1) is 35.5 Å². The fourth-order valence-corrected chi connectivity index (χ4v) is 3.58. The van der Waals surface area contributed by atoms with Crippen LogP contribution in [0, 0.1) is 0 Å². The number of aliphatic carboxylic acids is 2. The summed E-state index contributed by atoms with van der Waals surface area (Å²) in [5.41, 5.74) is 8.35. The number of hydrogen-bond donors (Lipinski definition) is 3. The predicted molar refractivity (Wildman–Crippen MR) is 114 cm³/mol. The van der Waals surface area contributed by atoms with E-state index >= 15 is 0 Å². The number of ether oxygens (including phenoxy) is 1. The summed E-state index contributed by atoms with van der Waals surface area (Å²) in [4.78, 5) is 36.1. The fourth-order valence-electron chi connectivity index (χ4n) is 2.46. The van der Waals surface area contributed by atoms with E-state index < -0.39 is 11.9 Å².